The molecule has 2 aromatic rings. The summed E-state index contributed by atoms with van der Waals surface area (Å²) in [5, 5.41) is 0. The van der Waals surface area contributed by atoms with Crippen LogP contribution in [-0.2, 0) is 6.42 Å². The maximum absolute atomic E-state index is 12.5. The Hall–Kier alpha value is -2.69. The lowest BCUT2D eigenvalue weighted by Gasteiger charge is -2.11. The van der Waals surface area contributed by atoms with Crippen molar-refractivity contribution in [2.75, 3.05) is 28.4 Å². The van der Waals surface area contributed by atoms with E-state index in [0.717, 1.165) is 5.56 Å². The van der Waals surface area contributed by atoms with Crippen LogP contribution in [0, 0.1) is 0 Å². The Balaban J connectivity index is 2.22. The first kappa shape index (κ1) is 16.7. The minimum atomic E-state index is -0.0156. The lowest BCUT2D eigenvalue weighted by Crippen LogP contribution is -2.05. The van der Waals surface area contributed by atoms with E-state index in [4.69, 9.17) is 18.9 Å². The lowest BCUT2D eigenvalue weighted by molar-refractivity contribution is 0.0992. The van der Waals surface area contributed by atoms with Gasteiger partial charge in [0.1, 0.15) is 0 Å². The monoisotopic (exact) mass is 316 g/mol. The second kappa shape index (κ2) is 7.54. The molecule has 23 heavy (non-hydrogen) atoms. The molecule has 0 aromatic heterocycles. The molecular weight excluding hydrogens is 296 g/mol. The summed E-state index contributed by atoms with van der Waals surface area (Å²) in [6.45, 7) is 0. The molecule has 0 N–H and O–H groups in total. The van der Waals surface area contributed by atoms with Crippen LogP contribution in [0.15, 0.2) is 36.4 Å². The van der Waals surface area contributed by atoms with Crippen LogP contribution >= 0.6 is 0 Å². The fraction of sp³-hybridized carbons (Fsp3) is 0.278. The molecule has 0 radical (unpaired) electrons. The molecule has 5 heteroatoms. The van der Waals surface area contributed by atoms with Gasteiger partial charge in [-0.3, -0.25) is 4.79 Å². The molecule has 2 rings (SSSR count). The number of benzene rings is 2. The van der Waals surface area contributed by atoms with Gasteiger partial charge in [-0.05, 0) is 35.9 Å². The van der Waals surface area contributed by atoms with Crippen molar-refractivity contribution < 1.29 is 23.7 Å². The van der Waals surface area contributed by atoms with E-state index >= 15 is 0 Å². The van der Waals surface area contributed by atoms with E-state index in [0.29, 0.717) is 28.6 Å². The Morgan fingerprint density at radius 2 is 1.26 bits per heavy atom. The highest BCUT2D eigenvalue weighted by molar-refractivity contribution is 5.98. The predicted octanol–water partition coefficient (Wildman–Crippen LogP) is 3.15. The van der Waals surface area contributed by atoms with Crippen LogP contribution in [0.4, 0.5) is 0 Å². The summed E-state index contributed by atoms with van der Waals surface area (Å²) in [5.74, 6) is 2.35. The third-order valence-electron chi connectivity index (χ3n) is 3.52. The molecule has 0 spiro atoms. The van der Waals surface area contributed by atoms with Gasteiger partial charge in [0, 0.05) is 12.0 Å². The van der Waals surface area contributed by atoms with Crippen LogP contribution in [0.25, 0.3) is 0 Å². The van der Waals surface area contributed by atoms with E-state index in [1.807, 2.05) is 6.07 Å². The Kier molecular flexibility index (Phi) is 5.46. The van der Waals surface area contributed by atoms with Crippen molar-refractivity contribution in [3.05, 3.63) is 47.5 Å². The number of rotatable bonds is 7. The molecule has 0 atom stereocenters. The first-order valence-corrected chi connectivity index (χ1v) is 7.09. The molecule has 0 aliphatic heterocycles. The van der Waals surface area contributed by atoms with Crippen LogP contribution in [0.3, 0.4) is 0 Å². The van der Waals surface area contributed by atoms with Crippen LogP contribution in [0.2, 0.25) is 0 Å². The van der Waals surface area contributed by atoms with Crippen LogP contribution in [0.5, 0.6) is 23.0 Å². The van der Waals surface area contributed by atoms with Gasteiger partial charge < -0.3 is 18.9 Å². The third kappa shape index (κ3) is 3.74. The number of Topliss-reactive ketones (excluding diaryl/α,β-unsaturated/α-hetero) is 1. The molecule has 2 aromatic carbocycles. The standard InChI is InChI=1S/C18H20O5/c1-20-15-7-5-12(10-17(15)22-3)9-14(19)13-6-8-16(21-2)18(11-13)23-4/h5-8,10-11H,9H2,1-4H3. The van der Waals surface area contributed by atoms with Crippen LogP contribution in [0.1, 0.15) is 15.9 Å². The minimum Gasteiger partial charge on any atom is -0.493 e. The normalized spacial score (nSPS) is 10.1. The summed E-state index contributed by atoms with van der Waals surface area (Å²) >= 11 is 0. The number of methoxy groups -OCH3 is 4. The zero-order valence-electron chi connectivity index (χ0n) is 13.7. The average Bonchev–Trinajstić information content (AvgIpc) is 2.60. The first-order chi connectivity index (χ1) is 11.1. The quantitative estimate of drug-likeness (QED) is 0.735. The van der Waals surface area contributed by atoms with Gasteiger partial charge in [-0.1, -0.05) is 6.07 Å². The topological polar surface area (TPSA) is 54.0 Å². The molecule has 0 saturated heterocycles. The summed E-state index contributed by atoms with van der Waals surface area (Å²) < 4.78 is 20.9. The van der Waals surface area contributed by atoms with Gasteiger partial charge >= 0.3 is 0 Å². The first-order valence-electron chi connectivity index (χ1n) is 7.09. The number of carbonyl (C=O) groups excluding carboxylic acids is 1. The molecular formula is C18H20O5. The van der Waals surface area contributed by atoms with Crippen LogP contribution < -0.4 is 18.9 Å². The van der Waals surface area contributed by atoms with Gasteiger partial charge in [-0.15, -0.1) is 0 Å². The fourth-order valence-corrected chi connectivity index (χ4v) is 2.29. The second-order valence-corrected chi connectivity index (χ2v) is 4.86. The average molecular weight is 316 g/mol. The van der Waals surface area contributed by atoms with Crippen molar-refractivity contribution in [2.45, 2.75) is 6.42 Å². The van der Waals surface area contributed by atoms with E-state index in [9.17, 15) is 4.79 Å². The zero-order valence-corrected chi connectivity index (χ0v) is 13.7. The Morgan fingerprint density at radius 1 is 0.739 bits per heavy atom. The van der Waals surface area contributed by atoms with Gasteiger partial charge in [-0.25, -0.2) is 0 Å². The highest BCUT2D eigenvalue weighted by atomic mass is 16.5. The Labute approximate surface area is 135 Å². The highest BCUT2D eigenvalue weighted by Crippen LogP contribution is 2.30. The van der Waals surface area contributed by atoms with Gasteiger partial charge in [0.25, 0.3) is 0 Å². The van der Waals surface area contributed by atoms with E-state index < -0.39 is 0 Å². The van der Waals surface area contributed by atoms with E-state index in [2.05, 4.69) is 0 Å². The molecule has 0 aliphatic rings. The van der Waals surface area contributed by atoms with Crippen molar-refractivity contribution in [3.63, 3.8) is 0 Å². The molecule has 5 nitrogen and oxygen atoms in total. The molecule has 122 valence electrons. The Morgan fingerprint density at radius 3 is 1.83 bits per heavy atom. The third-order valence-corrected chi connectivity index (χ3v) is 3.52. The van der Waals surface area contributed by atoms with E-state index in [1.54, 1.807) is 58.8 Å². The second-order valence-electron chi connectivity index (χ2n) is 4.86. The molecule has 0 amide bonds. The summed E-state index contributed by atoms with van der Waals surface area (Å²) in [7, 11) is 6.24. The minimum absolute atomic E-state index is 0.0156. The molecule has 0 saturated carbocycles. The van der Waals surface area contributed by atoms with Gasteiger partial charge in [-0.2, -0.15) is 0 Å². The smallest absolute Gasteiger partial charge is 0.167 e. The van der Waals surface area contributed by atoms with Gasteiger partial charge in [0.2, 0.25) is 0 Å². The molecule has 0 bridgehead atoms. The van der Waals surface area contributed by atoms with E-state index in [-0.39, 0.29) is 12.2 Å². The predicted molar refractivity (Wildman–Crippen MR) is 87.1 cm³/mol. The lowest BCUT2D eigenvalue weighted by atomic mass is 10.0. The number of ether oxygens (including phenoxy) is 4. The summed E-state index contributed by atoms with van der Waals surface area (Å²) in [6.07, 6.45) is 0.260. The number of hydrogen-bond donors (Lipinski definition) is 0. The van der Waals surface area contributed by atoms with Crippen molar-refractivity contribution in [1.82, 2.24) is 0 Å². The van der Waals surface area contributed by atoms with Crippen LogP contribution in [-0.4, -0.2) is 34.2 Å². The summed E-state index contributed by atoms with van der Waals surface area (Å²) in [4.78, 5) is 12.5. The maximum Gasteiger partial charge on any atom is 0.167 e. The van der Waals surface area contributed by atoms with Crippen molar-refractivity contribution in [2.24, 2.45) is 0 Å². The molecule has 0 unspecified atom stereocenters. The van der Waals surface area contributed by atoms with Gasteiger partial charge in [0.15, 0.2) is 28.8 Å². The summed E-state index contributed by atoms with van der Waals surface area (Å²) in [5.41, 5.74) is 1.42. The number of carbonyl (C=O) groups is 1. The van der Waals surface area contributed by atoms with Crippen molar-refractivity contribution in [3.8, 4) is 23.0 Å². The largest absolute Gasteiger partial charge is 0.493 e. The number of ketones is 1. The van der Waals surface area contributed by atoms with Crippen molar-refractivity contribution in [1.29, 1.82) is 0 Å². The zero-order chi connectivity index (χ0) is 16.8. The SMILES string of the molecule is COc1ccc(CC(=O)c2ccc(OC)c(OC)c2)cc1OC. The van der Waals surface area contributed by atoms with E-state index in [1.165, 1.54) is 0 Å². The fourth-order valence-electron chi connectivity index (χ4n) is 2.29. The Bertz CT molecular complexity index is 694. The molecule has 0 aliphatic carbocycles. The number of hydrogen-bond acceptors (Lipinski definition) is 5. The highest BCUT2D eigenvalue weighted by Gasteiger charge is 2.13. The maximum atomic E-state index is 12.5. The van der Waals surface area contributed by atoms with Gasteiger partial charge in [0.05, 0.1) is 28.4 Å². The van der Waals surface area contributed by atoms with Crippen molar-refractivity contribution >= 4 is 5.78 Å². The molecule has 0 fully saturated rings. The summed E-state index contributed by atoms with van der Waals surface area (Å²) in [6, 6.07) is 10.6. The molecule has 0 heterocycles.